The molecule has 9 heavy (non-hydrogen) atoms. The van der Waals surface area contributed by atoms with Gasteiger partial charge in [0.05, 0.1) is 0 Å². The molecule has 0 saturated carbocycles. The number of halogens is 4. The van der Waals surface area contributed by atoms with Gasteiger partial charge in [0.25, 0.3) is 0 Å². The summed E-state index contributed by atoms with van der Waals surface area (Å²) in [4.78, 5) is 0. The Labute approximate surface area is 72.6 Å². The van der Waals surface area contributed by atoms with Crippen molar-refractivity contribution in [2.45, 2.75) is 18.1 Å². The second-order valence-electron chi connectivity index (χ2n) is 1.73. The third kappa shape index (κ3) is 5.34. The van der Waals surface area contributed by atoms with Gasteiger partial charge in [-0.05, 0) is 0 Å². The van der Waals surface area contributed by atoms with E-state index >= 15 is 0 Å². The van der Waals surface area contributed by atoms with Crippen LogP contribution in [0.5, 0.6) is 0 Å². The summed E-state index contributed by atoms with van der Waals surface area (Å²) in [7, 11) is 0. The molecule has 53 valence electrons. The first-order chi connectivity index (χ1) is 3.48. The molecule has 0 rings (SSSR count). The van der Waals surface area contributed by atoms with E-state index in [1.54, 1.807) is 0 Å². The van der Waals surface area contributed by atoms with Crippen LogP contribution in [0.4, 0.5) is 13.2 Å². The van der Waals surface area contributed by atoms with Crippen LogP contribution in [-0.4, -0.2) is 6.18 Å². The minimum absolute atomic E-state index is 0. The van der Waals surface area contributed by atoms with Gasteiger partial charge in [0, 0.05) is 0 Å². The Morgan fingerprint density at radius 3 is 1.78 bits per heavy atom. The van der Waals surface area contributed by atoms with E-state index in [9.17, 15) is 13.2 Å². The van der Waals surface area contributed by atoms with E-state index in [4.69, 9.17) is 0 Å². The SMILES string of the molecule is Br.CC([CH2][Zn])C(F)(F)F. The molecule has 0 fully saturated rings. The van der Waals surface area contributed by atoms with Crippen LogP contribution in [0.1, 0.15) is 6.92 Å². The van der Waals surface area contributed by atoms with Crippen molar-refractivity contribution < 1.29 is 31.5 Å². The summed E-state index contributed by atoms with van der Waals surface area (Å²) in [6.45, 7) is 1.21. The van der Waals surface area contributed by atoms with Crippen molar-refractivity contribution in [1.82, 2.24) is 0 Å². The normalized spacial score (nSPS) is 14.4. The van der Waals surface area contributed by atoms with Gasteiger partial charge < -0.3 is 0 Å². The zero-order chi connectivity index (χ0) is 6.78. The van der Waals surface area contributed by atoms with Gasteiger partial charge in [-0.25, -0.2) is 0 Å². The second-order valence-corrected chi connectivity index (χ2v) is 2.94. The predicted molar refractivity (Wildman–Crippen MR) is 30.3 cm³/mol. The van der Waals surface area contributed by atoms with E-state index in [1.165, 1.54) is 6.92 Å². The van der Waals surface area contributed by atoms with Crippen LogP contribution < -0.4 is 0 Å². The average molecular weight is 257 g/mol. The Bertz CT molecular complexity index is 72.7. The van der Waals surface area contributed by atoms with Crippen molar-refractivity contribution in [1.29, 1.82) is 0 Å². The molecule has 0 saturated heterocycles. The maximum absolute atomic E-state index is 11.5. The van der Waals surface area contributed by atoms with Crippen LogP contribution in [0.3, 0.4) is 0 Å². The molecule has 0 amide bonds. The molecule has 0 bridgehead atoms. The summed E-state index contributed by atoms with van der Waals surface area (Å²) in [5, 5.41) is 0.295. The first kappa shape index (κ1) is 12.6. The van der Waals surface area contributed by atoms with Crippen molar-refractivity contribution in [3.63, 3.8) is 0 Å². The first-order valence-corrected chi connectivity index (χ1v) is 4.44. The summed E-state index contributed by atoms with van der Waals surface area (Å²) < 4.78 is 34.4. The number of hydrogen-bond donors (Lipinski definition) is 0. The zero-order valence-electron chi connectivity index (χ0n) is 5.03. The summed E-state index contributed by atoms with van der Waals surface area (Å²) in [6.07, 6.45) is -3.96. The molecule has 1 unspecified atom stereocenters. The molecule has 0 N–H and O–H groups in total. The fourth-order valence-electron chi connectivity index (χ4n) is 0.164. The first-order valence-electron chi connectivity index (χ1n) is 2.34. The Morgan fingerprint density at radius 1 is 1.44 bits per heavy atom. The molecule has 0 heterocycles. The van der Waals surface area contributed by atoms with Gasteiger partial charge >= 0.3 is 55.5 Å². The fourth-order valence-corrected chi connectivity index (χ4v) is 0.850. The Hall–Kier alpha value is 0.893. The number of rotatable bonds is 1. The summed E-state index contributed by atoms with van der Waals surface area (Å²) in [6, 6.07) is 0. The molecule has 0 aliphatic rings. The fraction of sp³-hybridized carbons (Fsp3) is 1.00. The molecular formula is C4H7BrF3Zn. The van der Waals surface area contributed by atoms with Gasteiger partial charge in [-0.2, -0.15) is 0 Å². The summed E-state index contributed by atoms with van der Waals surface area (Å²) >= 11 is 0.723. The van der Waals surface area contributed by atoms with Gasteiger partial charge in [-0.3, -0.25) is 0 Å². The van der Waals surface area contributed by atoms with Crippen LogP contribution in [0.15, 0.2) is 0 Å². The predicted octanol–water partition coefficient (Wildman–Crippen LogP) is 2.73. The number of hydrogen-bond acceptors (Lipinski definition) is 0. The molecule has 0 aromatic heterocycles. The van der Waals surface area contributed by atoms with E-state index in [2.05, 4.69) is 0 Å². The molecule has 5 heteroatoms. The molecule has 0 aliphatic carbocycles. The van der Waals surface area contributed by atoms with Gasteiger partial charge in [0.2, 0.25) is 0 Å². The van der Waals surface area contributed by atoms with E-state index in [-0.39, 0.29) is 17.0 Å². The van der Waals surface area contributed by atoms with Crippen LogP contribution in [0.2, 0.25) is 5.02 Å². The van der Waals surface area contributed by atoms with E-state index in [1.807, 2.05) is 0 Å². The third-order valence-electron chi connectivity index (χ3n) is 0.992. The van der Waals surface area contributed by atoms with Gasteiger partial charge in [-0.1, -0.05) is 0 Å². The Kier molecular flexibility index (Phi) is 6.52. The van der Waals surface area contributed by atoms with Crippen molar-refractivity contribution in [3.8, 4) is 0 Å². The van der Waals surface area contributed by atoms with Crippen molar-refractivity contribution in [3.05, 3.63) is 0 Å². The number of alkyl halides is 3. The summed E-state index contributed by atoms with van der Waals surface area (Å²) in [5.74, 6) is -1.09. The van der Waals surface area contributed by atoms with Gasteiger partial charge in [0.15, 0.2) is 0 Å². The molecule has 0 radical (unpaired) electrons. The van der Waals surface area contributed by atoms with E-state index in [0.717, 1.165) is 18.3 Å². The minimum atomic E-state index is -3.96. The zero-order valence-corrected chi connectivity index (χ0v) is 9.71. The third-order valence-corrected chi connectivity index (χ3v) is 2.81. The van der Waals surface area contributed by atoms with E-state index in [0.29, 0.717) is 5.02 Å². The summed E-state index contributed by atoms with van der Waals surface area (Å²) in [5.41, 5.74) is 0. The maximum atomic E-state index is 11.5. The molecule has 0 nitrogen and oxygen atoms in total. The van der Waals surface area contributed by atoms with Crippen molar-refractivity contribution in [2.75, 3.05) is 0 Å². The Morgan fingerprint density at radius 2 is 1.78 bits per heavy atom. The molecule has 0 spiro atoms. The molecule has 0 aromatic carbocycles. The average Bonchev–Trinajstić information content (AvgIpc) is 1.62. The monoisotopic (exact) mass is 255 g/mol. The standard InChI is InChI=1S/C4H6F3.BrH.Zn/c1-3(2)4(5,6)7;;/h3H,1H2,2H3;1H;. The van der Waals surface area contributed by atoms with Crippen LogP contribution in [0.25, 0.3) is 0 Å². The molecule has 0 aliphatic heterocycles. The Balaban J connectivity index is 0. The van der Waals surface area contributed by atoms with Gasteiger partial charge in [0.1, 0.15) is 0 Å². The molecule has 0 aromatic rings. The topological polar surface area (TPSA) is 0 Å². The van der Waals surface area contributed by atoms with Crippen molar-refractivity contribution >= 4 is 17.0 Å². The quantitative estimate of drug-likeness (QED) is 0.634. The molecular weight excluding hydrogens is 250 g/mol. The van der Waals surface area contributed by atoms with Crippen molar-refractivity contribution in [2.24, 2.45) is 5.92 Å². The molecule has 1 atom stereocenters. The van der Waals surface area contributed by atoms with Crippen LogP contribution in [0, 0.1) is 5.92 Å². The second kappa shape index (κ2) is 4.67. The van der Waals surface area contributed by atoms with Crippen LogP contribution in [-0.2, 0) is 18.3 Å². The van der Waals surface area contributed by atoms with Gasteiger partial charge in [-0.15, -0.1) is 17.0 Å². The van der Waals surface area contributed by atoms with E-state index < -0.39 is 12.1 Å². The van der Waals surface area contributed by atoms with Crippen LogP contribution >= 0.6 is 17.0 Å².